The van der Waals surface area contributed by atoms with E-state index in [0.717, 1.165) is 5.56 Å². The standard InChI is InChI=1S/C22H22ClN3O5S/c1-24-22(28)20-21(31-14-15-8-4-3-5-9-15)18(27)12-16(26(20)2)13-25-32(29,30)19-11-7-6-10-17(19)23/h3-12,25H,13-14H2,1-2H3,(H,24,28). The number of sulfonamides is 1. The van der Waals surface area contributed by atoms with Gasteiger partial charge in [-0.1, -0.05) is 54.1 Å². The van der Waals surface area contributed by atoms with Crippen LogP contribution in [0.1, 0.15) is 21.7 Å². The molecule has 8 nitrogen and oxygen atoms in total. The highest BCUT2D eigenvalue weighted by atomic mass is 35.5. The maximum Gasteiger partial charge on any atom is 0.271 e. The first kappa shape index (κ1) is 23.5. The van der Waals surface area contributed by atoms with Gasteiger partial charge in [0.25, 0.3) is 5.91 Å². The van der Waals surface area contributed by atoms with E-state index in [9.17, 15) is 18.0 Å². The number of halogens is 1. The van der Waals surface area contributed by atoms with Crippen LogP contribution < -0.4 is 20.2 Å². The van der Waals surface area contributed by atoms with E-state index in [1.54, 1.807) is 19.2 Å². The quantitative estimate of drug-likeness (QED) is 0.520. The maximum absolute atomic E-state index is 12.8. The molecule has 2 N–H and O–H groups in total. The third-order valence-electron chi connectivity index (χ3n) is 4.74. The number of ether oxygens (including phenoxy) is 1. The van der Waals surface area contributed by atoms with Gasteiger partial charge in [0.05, 0.1) is 11.6 Å². The lowest BCUT2D eigenvalue weighted by atomic mass is 10.2. The van der Waals surface area contributed by atoms with Gasteiger partial charge in [-0.3, -0.25) is 9.59 Å². The predicted molar refractivity (Wildman–Crippen MR) is 121 cm³/mol. The van der Waals surface area contributed by atoms with Gasteiger partial charge in [-0.05, 0) is 17.7 Å². The van der Waals surface area contributed by atoms with Gasteiger partial charge >= 0.3 is 0 Å². The molecule has 0 aliphatic heterocycles. The Balaban J connectivity index is 1.92. The van der Waals surface area contributed by atoms with Crippen LogP contribution in [0.2, 0.25) is 5.02 Å². The zero-order valence-electron chi connectivity index (χ0n) is 17.5. The summed E-state index contributed by atoms with van der Waals surface area (Å²) in [5, 5.41) is 2.56. The van der Waals surface area contributed by atoms with Gasteiger partial charge in [0, 0.05) is 25.9 Å². The summed E-state index contributed by atoms with van der Waals surface area (Å²) in [5.74, 6) is -0.656. The molecule has 0 unspecified atom stereocenters. The van der Waals surface area contributed by atoms with Gasteiger partial charge in [-0.15, -0.1) is 0 Å². The van der Waals surface area contributed by atoms with E-state index in [1.807, 2.05) is 30.3 Å². The van der Waals surface area contributed by atoms with Crippen molar-refractivity contribution in [3.05, 3.63) is 92.9 Å². The number of amides is 1. The summed E-state index contributed by atoms with van der Waals surface area (Å²) in [6.07, 6.45) is 0. The van der Waals surface area contributed by atoms with Crippen LogP contribution in [0.25, 0.3) is 0 Å². The number of nitrogens with zero attached hydrogens (tertiary/aromatic N) is 1. The number of aromatic nitrogens is 1. The van der Waals surface area contributed by atoms with Crippen LogP contribution in [0, 0.1) is 0 Å². The first-order valence-corrected chi connectivity index (χ1v) is 11.5. The van der Waals surface area contributed by atoms with Crippen LogP contribution in [0.15, 0.2) is 70.4 Å². The normalized spacial score (nSPS) is 11.2. The molecule has 10 heteroatoms. The van der Waals surface area contributed by atoms with E-state index < -0.39 is 21.4 Å². The minimum atomic E-state index is -3.94. The van der Waals surface area contributed by atoms with Crippen molar-refractivity contribution >= 4 is 27.5 Å². The molecule has 1 amide bonds. The molecular formula is C22H22ClN3O5S. The molecule has 3 aromatic rings. The Kier molecular flexibility index (Phi) is 7.34. The number of hydrogen-bond donors (Lipinski definition) is 2. The molecule has 0 saturated carbocycles. The Labute approximate surface area is 190 Å². The zero-order valence-corrected chi connectivity index (χ0v) is 19.0. The molecule has 0 bridgehead atoms. The summed E-state index contributed by atoms with van der Waals surface area (Å²) in [5.41, 5.74) is 0.553. The number of rotatable bonds is 8. The Morgan fingerprint density at radius 1 is 1.09 bits per heavy atom. The number of hydrogen-bond acceptors (Lipinski definition) is 5. The van der Waals surface area contributed by atoms with Crippen LogP contribution in [0.5, 0.6) is 5.75 Å². The van der Waals surface area contributed by atoms with E-state index >= 15 is 0 Å². The molecule has 168 valence electrons. The first-order valence-electron chi connectivity index (χ1n) is 9.60. The van der Waals surface area contributed by atoms with Crippen LogP contribution in [0.4, 0.5) is 0 Å². The van der Waals surface area contributed by atoms with Crippen molar-refractivity contribution in [3.8, 4) is 5.75 Å². The van der Waals surface area contributed by atoms with E-state index in [-0.39, 0.29) is 40.2 Å². The zero-order chi connectivity index (χ0) is 23.3. The Morgan fingerprint density at radius 2 is 1.75 bits per heavy atom. The van der Waals surface area contributed by atoms with E-state index in [4.69, 9.17) is 16.3 Å². The smallest absolute Gasteiger partial charge is 0.271 e. The summed E-state index contributed by atoms with van der Waals surface area (Å²) in [6.45, 7) is -0.138. The van der Waals surface area contributed by atoms with Crippen molar-refractivity contribution in [2.75, 3.05) is 7.05 Å². The van der Waals surface area contributed by atoms with Crippen molar-refractivity contribution in [2.24, 2.45) is 7.05 Å². The van der Waals surface area contributed by atoms with Crippen molar-refractivity contribution in [3.63, 3.8) is 0 Å². The molecule has 0 atom stereocenters. The molecule has 0 fully saturated rings. The molecule has 1 aromatic heterocycles. The van der Waals surface area contributed by atoms with Gasteiger partial charge in [0.2, 0.25) is 15.5 Å². The second-order valence-corrected chi connectivity index (χ2v) is 8.99. The molecule has 3 rings (SSSR count). The van der Waals surface area contributed by atoms with Crippen molar-refractivity contribution < 1.29 is 17.9 Å². The number of carbonyl (C=O) groups excluding carboxylic acids is 1. The second-order valence-electron chi connectivity index (χ2n) is 6.85. The highest BCUT2D eigenvalue weighted by molar-refractivity contribution is 7.89. The molecular weight excluding hydrogens is 454 g/mol. The lowest BCUT2D eigenvalue weighted by Gasteiger charge is -2.18. The molecule has 0 aliphatic carbocycles. The molecule has 0 saturated heterocycles. The lowest BCUT2D eigenvalue weighted by Crippen LogP contribution is -2.31. The number of benzene rings is 2. The number of nitrogens with one attached hydrogen (secondary N) is 2. The van der Waals surface area contributed by atoms with E-state index in [2.05, 4.69) is 10.0 Å². The third-order valence-corrected chi connectivity index (χ3v) is 6.64. The number of carbonyl (C=O) groups is 1. The maximum atomic E-state index is 12.8. The fraction of sp³-hybridized carbons (Fsp3) is 0.182. The SMILES string of the molecule is CNC(=O)c1c(OCc2ccccc2)c(=O)cc(CNS(=O)(=O)c2ccccc2Cl)n1C. The van der Waals surface area contributed by atoms with Gasteiger partial charge in [-0.2, -0.15) is 0 Å². The number of pyridine rings is 1. The second kappa shape index (κ2) is 9.99. The summed E-state index contributed by atoms with van der Waals surface area (Å²) in [4.78, 5) is 25.2. The highest BCUT2D eigenvalue weighted by Gasteiger charge is 2.23. The minimum Gasteiger partial charge on any atom is -0.483 e. The lowest BCUT2D eigenvalue weighted by molar-refractivity contribution is 0.0948. The highest BCUT2D eigenvalue weighted by Crippen LogP contribution is 2.21. The van der Waals surface area contributed by atoms with Crippen LogP contribution in [-0.4, -0.2) is 25.9 Å². The van der Waals surface area contributed by atoms with Crippen molar-refractivity contribution in [1.82, 2.24) is 14.6 Å². The van der Waals surface area contributed by atoms with Crippen molar-refractivity contribution in [1.29, 1.82) is 0 Å². The monoisotopic (exact) mass is 475 g/mol. The Hall–Kier alpha value is -3.14. The van der Waals surface area contributed by atoms with E-state index in [1.165, 1.54) is 29.8 Å². The van der Waals surface area contributed by atoms with Gasteiger partial charge in [-0.25, -0.2) is 13.1 Å². The summed E-state index contributed by atoms with van der Waals surface area (Å²) >= 11 is 5.99. The Bertz CT molecular complexity index is 1290. The van der Waals surface area contributed by atoms with Crippen molar-refractivity contribution in [2.45, 2.75) is 18.0 Å². The summed E-state index contributed by atoms with van der Waals surface area (Å²) < 4.78 is 34.8. The summed E-state index contributed by atoms with van der Waals surface area (Å²) in [6, 6.07) is 16.5. The average Bonchev–Trinajstić information content (AvgIpc) is 2.78. The van der Waals surface area contributed by atoms with Gasteiger partial charge in [0.15, 0.2) is 11.4 Å². The van der Waals surface area contributed by atoms with Crippen LogP contribution in [0.3, 0.4) is 0 Å². The fourth-order valence-electron chi connectivity index (χ4n) is 3.05. The largest absolute Gasteiger partial charge is 0.483 e. The average molecular weight is 476 g/mol. The topological polar surface area (TPSA) is 106 Å². The predicted octanol–water partition coefficient (Wildman–Crippen LogP) is 2.46. The molecule has 32 heavy (non-hydrogen) atoms. The molecule has 0 spiro atoms. The fourth-order valence-corrected chi connectivity index (χ4v) is 4.56. The molecule has 2 aromatic carbocycles. The van der Waals surface area contributed by atoms with Crippen LogP contribution in [-0.2, 0) is 30.2 Å². The molecule has 0 aliphatic rings. The molecule has 1 heterocycles. The van der Waals surface area contributed by atoms with Crippen LogP contribution >= 0.6 is 11.6 Å². The van der Waals surface area contributed by atoms with Gasteiger partial charge < -0.3 is 14.6 Å². The summed E-state index contributed by atoms with van der Waals surface area (Å²) in [7, 11) is -0.958. The van der Waals surface area contributed by atoms with E-state index in [0.29, 0.717) is 0 Å². The minimum absolute atomic E-state index is 0.0112. The first-order chi connectivity index (χ1) is 15.2. The molecule has 0 radical (unpaired) electrons. The third kappa shape index (κ3) is 5.18. The Morgan fingerprint density at radius 3 is 2.41 bits per heavy atom. The van der Waals surface area contributed by atoms with Gasteiger partial charge in [0.1, 0.15) is 11.5 Å².